The Kier molecular flexibility index (Phi) is 4.07. The molecule has 0 radical (unpaired) electrons. The molecule has 1 heterocycles. The van der Waals surface area contributed by atoms with Crippen molar-refractivity contribution in [3.8, 4) is 0 Å². The Hall–Kier alpha value is -1.19. The van der Waals surface area contributed by atoms with E-state index < -0.39 is 0 Å². The summed E-state index contributed by atoms with van der Waals surface area (Å²) in [5.41, 5.74) is 3.83. The molecular formula is C16H22N2S. The summed E-state index contributed by atoms with van der Waals surface area (Å²) in [7, 11) is 1.99. The topological polar surface area (TPSA) is 24.9 Å². The van der Waals surface area contributed by atoms with Gasteiger partial charge >= 0.3 is 0 Å². The Labute approximate surface area is 119 Å². The van der Waals surface area contributed by atoms with Gasteiger partial charge in [0, 0.05) is 10.8 Å². The van der Waals surface area contributed by atoms with Gasteiger partial charge in [0.25, 0.3) is 0 Å². The first kappa shape index (κ1) is 14.2. The Balaban J connectivity index is 2.32. The van der Waals surface area contributed by atoms with Crippen LogP contribution >= 0.6 is 11.3 Å². The maximum atomic E-state index is 4.81. The third-order valence-corrected chi connectivity index (χ3v) is 4.15. The normalized spacial score (nSPS) is 13.5. The molecule has 0 aliphatic carbocycles. The average molecular weight is 274 g/mol. The second-order valence-corrected chi connectivity index (χ2v) is 6.84. The van der Waals surface area contributed by atoms with Gasteiger partial charge in [-0.15, -0.1) is 11.3 Å². The summed E-state index contributed by atoms with van der Waals surface area (Å²) >= 11 is 1.73. The summed E-state index contributed by atoms with van der Waals surface area (Å²) in [5.74, 6) is 0. The van der Waals surface area contributed by atoms with Gasteiger partial charge < -0.3 is 5.32 Å². The van der Waals surface area contributed by atoms with E-state index in [-0.39, 0.29) is 11.5 Å². The number of rotatable bonds is 3. The summed E-state index contributed by atoms with van der Waals surface area (Å²) in [5, 5.41) is 6.68. The van der Waals surface area contributed by atoms with E-state index in [1.54, 1.807) is 11.3 Å². The minimum atomic E-state index is 0.111. The highest BCUT2D eigenvalue weighted by Crippen LogP contribution is 2.29. The van der Waals surface area contributed by atoms with Crippen molar-refractivity contribution in [3.05, 3.63) is 51.5 Å². The van der Waals surface area contributed by atoms with E-state index in [9.17, 15) is 0 Å². The Bertz CT molecular complexity index is 535. The summed E-state index contributed by atoms with van der Waals surface area (Å²) < 4.78 is 0. The molecule has 1 atom stereocenters. The minimum Gasteiger partial charge on any atom is -0.307 e. The number of hydrogen-bond acceptors (Lipinski definition) is 3. The number of aryl methyl sites for hydroxylation is 1. The van der Waals surface area contributed by atoms with Gasteiger partial charge in [0.1, 0.15) is 5.01 Å². The lowest BCUT2D eigenvalue weighted by molar-refractivity contribution is 0.566. The summed E-state index contributed by atoms with van der Waals surface area (Å²) in [6.45, 7) is 8.71. The van der Waals surface area contributed by atoms with Crippen LogP contribution in [-0.2, 0) is 5.41 Å². The SMILES string of the molecule is CNC(c1ccc(C)cc1)c1nc(C(C)(C)C)cs1. The number of benzene rings is 1. The zero-order chi connectivity index (χ0) is 14.0. The van der Waals surface area contributed by atoms with E-state index in [2.05, 4.69) is 62.7 Å². The van der Waals surface area contributed by atoms with E-state index in [0.717, 1.165) is 5.01 Å². The molecule has 0 aliphatic rings. The van der Waals surface area contributed by atoms with Gasteiger partial charge in [-0.1, -0.05) is 50.6 Å². The molecular weight excluding hydrogens is 252 g/mol. The first-order valence-electron chi connectivity index (χ1n) is 6.61. The zero-order valence-corrected chi connectivity index (χ0v) is 13.1. The highest BCUT2D eigenvalue weighted by molar-refractivity contribution is 7.09. The molecule has 0 spiro atoms. The van der Waals surface area contributed by atoms with Crippen molar-refractivity contribution in [2.75, 3.05) is 7.05 Å². The maximum Gasteiger partial charge on any atom is 0.114 e. The third-order valence-electron chi connectivity index (χ3n) is 3.24. The van der Waals surface area contributed by atoms with Crippen LogP contribution in [0.5, 0.6) is 0 Å². The monoisotopic (exact) mass is 274 g/mol. The molecule has 2 nitrogen and oxygen atoms in total. The van der Waals surface area contributed by atoms with Crippen LogP contribution in [0.1, 0.15) is 48.6 Å². The van der Waals surface area contributed by atoms with Crippen LogP contribution in [0.4, 0.5) is 0 Å². The lowest BCUT2D eigenvalue weighted by atomic mass is 9.93. The molecule has 19 heavy (non-hydrogen) atoms. The highest BCUT2D eigenvalue weighted by atomic mass is 32.1. The number of aromatic nitrogens is 1. The Morgan fingerprint density at radius 2 is 1.79 bits per heavy atom. The van der Waals surface area contributed by atoms with Crippen molar-refractivity contribution in [1.82, 2.24) is 10.3 Å². The van der Waals surface area contributed by atoms with Gasteiger partial charge in [0.05, 0.1) is 11.7 Å². The summed E-state index contributed by atoms with van der Waals surface area (Å²) in [6, 6.07) is 8.83. The molecule has 1 aromatic heterocycles. The smallest absolute Gasteiger partial charge is 0.114 e. The van der Waals surface area contributed by atoms with Gasteiger partial charge in [-0.3, -0.25) is 0 Å². The molecule has 102 valence electrons. The molecule has 0 saturated heterocycles. The Morgan fingerprint density at radius 1 is 1.16 bits per heavy atom. The predicted molar refractivity (Wildman–Crippen MR) is 82.9 cm³/mol. The fraction of sp³-hybridized carbons (Fsp3) is 0.438. The van der Waals surface area contributed by atoms with Crippen LogP contribution in [0.2, 0.25) is 0 Å². The predicted octanol–water partition coefficient (Wildman–Crippen LogP) is 4.06. The van der Waals surface area contributed by atoms with Crippen molar-refractivity contribution in [2.45, 2.75) is 39.2 Å². The molecule has 1 N–H and O–H groups in total. The summed E-state index contributed by atoms with van der Waals surface area (Å²) in [6.07, 6.45) is 0. The molecule has 2 rings (SSSR count). The largest absolute Gasteiger partial charge is 0.307 e. The lowest BCUT2D eigenvalue weighted by Gasteiger charge is -2.16. The molecule has 2 aromatic rings. The van der Waals surface area contributed by atoms with Gasteiger partial charge in [0.2, 0.25) is 0 Å². The van der Waals surface area contributed by atoms with Crippen LogP contribution in [-0.4, -0.2) is 12.0 Å². The van der Waals surface area contributed by atoms with E-state index in [1.165, 1.54) is 16.8 Å². The van der Waals surface area contributed by atoms with E-state index in [0.29, 0.717) is 0 Å². The number of hydrogen-bond donors (Lipinski definition) is 1. The van der Waals surface area contributed by atoms with Crippen LogP contribution in [0, 0.1) is 6.92 Å². The molecule has 0 saturated carbocycles. The molecule has 1 aromatic carbocycles. The van der Waals surface area contributed by atoms with Crippen LogP contribution in [0.3, 0.4) is 0 Å². The van der Waals surface area contributed by atoms with Crippen molar-refractivity contribution < 1.29 is 0 Å². The fourth-order valence-electron chi connectivity index (χ4n) is 1.96. The van der Waals surface area contributed by atoms with Crippen molar-refractivity contribution in [1.29, 1.82) is 0 Å². The molecule has 0 fully saturated rings. The lowest BCUT2D eigenvalue weighted by Crippen LogP contribution is -2.18. The van der Waals surface area contributed by atoms with Crippen LogP contribution in [0.25, 0.3) is 0 Å². The van der Waals surface area contributed by atoms with Crippen molar-refractivity contribution >= 4 is 11.3 Å². The highest BCUT2D eigenvalue weighted by Gasteiger charge is 2.21. The standard InChI is InChI=1S/C16H22N2S/c1-11-6-8-12(9-7-11)14(17-5)15-18-13(10-19-15)16(2,3)4/h6-10,14,17H,1-5H3. The van der Waals surface area contributed by atoms with Gasteiger partial charge in [-0.25, -0.2) is 4.98 Å². The first-order valence-corrected chi connectivity index (χ1v) is 7.49. The second-order valence-electron chi connectivity index (χ2n) is 5.95. The van der Waals surface area contributed by atoms with E-state index in [4.69, 9.17) is 4.98 Å². The average Bonchev–Trinajstić information content (AvgIpc) is 2.82. The number of nitrogens with one attached hydrogen (secondary N) is 1. The van der Waals surface area contributed by atoms with E-state index in [1.807, 2.05) is 7.05 Å². The van der Waals surface area contributed by atoms with Gasteiger partial charge in [0.15, 0.2) is 0 Å². The number of thiazole rings is 1. The van der Waals surface area contributed by atoms with Crippen LogP contribution < -0.4 is 5.32 Å². The molecule has 3 heteroatoms. The fourth-order valence-corrected chi connectivity index (χ4v) is 3.14. The van der Waals surface area contributed by atoms with Crippen LogP contribution in [0.15, 0.2) is 29.6 Å². The van der Waals surface area contributed by atoms with Crippen molar-refractivity contribution in [2.24, 2.45) is 0 Å². The molecule has 0 amide bonds. The summed E-state index contributed by atoms with van der Waals surface area (Å²) in [4.78, 5) is 4.81. The Morgan fingerprint density at radius 3 is 2.26 bits per heavy atom. The third kappa shape index (κ3) is 3.23. The van der Waals surface area contributed by atoms with Gasteiger partial charge in [-0.05, 0) is 19.5 Å². The molecule has 1 unspecified atom stereocenters. The number of nitrogens with zero attached hydrogens (tertiary/aromatic N) is 1. The maximum absolute atomic E-state index is 4.81. The second kappa shape index (κ2) is 5.43. The quantitative estimate of drug-likeness (QED) is 0.913. The first-order chi connectivity index (χ1) is 8.91. The molecule has 0 aliphatic heterocycles. The van der Waals surface area contributed by atoms with E-state index >= 15 is 0 Å². The molecule has 0 bridgehead atoms. The van der Waals surface area contributed by atoms with Crippen molar-refractivity contribution in [3.63, 3.8) is 0 Å². The minimum absolute atomic E-state index is 0.111. The zero-order valence-electron chi connectivity index (χ0n) is 12.3. The van der Waals surface area contributed by atoms with Gasteiger partial charge in [-0.2, -0.15) is 0 Å².